The number of esters is 3. The summed E-state index contributed by atoms with van der Waals surface area (Å²) >= 11 is 0. The average Bonchev–Trinajstić information content (AvgIpc) is 3.07. The van der Waals surface area contributed by atoms with Crippen LogP contribution in [0.1, 0.15) is 20.3 Å². The van der Waals surface area contributed by atoms with E-state index >= 15 is 0 Å². The van der Waals surface area contributed by atoms with Crippen LogP contribution in [-0.4, -0.2) is 59.6 Å². The van der Waals surface area contributed by atoms with Gasteiger partial charge in [-0.05, 0) is 13.0 Å². The van der Waals surface area contributed by atoms with E-state index < -0.39 is 48.7 Å². The molecule has 0 bridgehead atoms. The fourth-order valence-corrected chi connectivity index (χ4v) is 4.62. The van der Waals surface area contributed by atoms with Crippen molar-refractivity contribution in [3.63, 3.8) is 0 Å². The molecule has 2 N–H and O–H groups in total. The third-order valence-corrected chi connectivity index (χ3v) is 5.95. The quantitative estimate of drug-likeness (QED) is 0.294. The van der Waals surface area contributed by atoms with Crippen molar-refractivity contribution in [2.75, 3.05) is 13.2 Å². The van der Waals surface area contributed by atoms with E-state index in [1.54, 1.807) is 6.08 Å². The Morgan fingerprint density at radius 1 is 1.30 bits per heavy atom. The number of ether oxygens (including phenoxy) is 3. The Bertz CT molecular complexity index is 851. The minimum Gasteiger partial charge on any atom is -0.461 e. The van der Waals surface area contributed by atoms with E-state index in [0.29, 0.717) is 5.57 Å². The Morgan fingerprint density at radius 2 is 2.00 bits per heavy atom. The molecule has 1 aliphatic heterocycles. The van der Waals surface area contributed by atoms with E-state index in [-0.39, 0.29) is 36.0 Å². The molecule has 0 radical (unpaired) electrons. The zero-order valence-corrected chi connectivity index (χ0v) is 17.0. The van der Waals surface area contributed by atoms with E-state index in [4.69, 9.17) is 14.2 Å². The maximum atomic E-state index is 12.7. The molecule has 30 heavy (non-hydrogen) atoms. The smallest absolute Gasteiger partial charge is 0.337 e. The van der Waals surface area contributed by atoms with Crippen LogP contribution < -0.4 is 0 Å². The van der Waals surface area contributed by atoms with Gasteiger partial charge in [0.2, 0.25) is 0 Å². The fourth-order valence-electron chi connectivity index (χ4n) is 4.62. The summed E-state index contributed by atoms with van der Waals surface area (Å²) in [7, 11) is 0. The second-order valence-electron chi connectivity index (χ2n) is 7.87. The fraction of sp³-hybridized carbons (Fsp3) is 0.500. The summed E-state index contributed by atoms with van der Waals surface area (Å²) in [4.78, 5) is 36.1. The predicted octanol–water partition coefficient (Wildman–Crippen LogP) is 0.991. The second-order valence-corrected chi connectivity index (χ2v) is 7.87. The number of carbonyl (C=O) groups is 3. The van der Waals surface area contributed by atoms with Gasteiger partial charge in [0.05, 0.1) is 24.2 Å². The minimum absolute atomic E-state index is 0.0220. The van der Waals surface area contributed by atoms with Crippen LogP contribution in [-0.2, 0) is 28.6 Å². The van der Waals surface area contributed by atoms with Crippen molar-refractivity contribution in [3.05, 3.63) is 47.6 Å². The van der Waals surface area contributed by atoms with Crippen LogP contribution >= 0.6 is 0 Å². The molecule has 6 unspecified atom stereocenters. The van der Waals surface area contributed by atoms with Gasteiger partial charge >= 0.3 is 17.9 Å². The van der Waals surface area contributed by atoms with Crippen LogP contribution in [0.5, 0.6) is 0 Å². The van der Waals surface area contributed by atoms with Crippen LogP contribution in [0.25, 0.3) is 0 Å². The summed E-state index contributed by atoms with van der Waals surface area (Å²) in [5.74, 6) is -3.16. The molecule has 2 aliphatic carbocycles. The molecule has 8 nitrogen and oxygen atoms in total. The Hall–Kier alpha value is -2.71. The standard InChI is InChI=1S/C22H26O8/c1-10-7-15(25)17-11(2)8-16(19-12(3)21(26)30-20(19)18(10)17)29-22(27)14(5-6-23)9-28-13(4)24/h5,7,15-20,23,25H,2-3,6,8-9H2,1,4H3. The van der Waals surface area contributed by atoms with Gasteiger partial charge in [0.25, 0.3) is 0 Å². The zero-order chi connectivity index (χ0) is 22.2. The summed E-state index contributed by atoms with van der Waals surface area (Å²) in [6.45, 7) is 10.2. The number of rotatable bonds is 5. The number of aliphatic hydroxyl groups is 2. The predicted molar refractivity (Wildman–Crippen MR) is 105 cm³/mol. The van der Waals surface area contributed by atoms with Crippen LogP contribution in [0.2, 0.25) is 0 Å². The molecule has 1 saturated carbocycles. The number of aliphatic hydroxyl groups excluding tert-OH is 2. The Balaban J connectivity index is 1.89. The molecule has 1 heterocycles. The van der Waals surface area contributed by atoms with Crippen LogP contribution in [0.15, 0.2) is 47.6 Å². The molecule has 0 aromatic rings. The van der Waals surface area contributed by atoms with Crippen molar-refractivity contribution in [3.8, 4) is 0 Å². The SMILES string of the molecule is C=C1C(=O)OC2C1C(OC(=O)C(=CCO)COC(C)=O)CC(=C)C1C(O)C=C(C)C21. The van der Waals surface area contributed by atoms with E-state index in [1.807, 2.05) is 6.92 Å². The minimum atomic E-state index is -0.807. The molecule has 0 amide bonds. The first kappa shape index (κ1) is 22.0. The first-order chi connectivity index (χ1) is 14.1. The second kappa shape index (κ2) is 8.57. The van der Waals surface area contributed by atoms with Gasteiger partial charge in [0.15, 0.2) is 0 Å². The van der Waals surface area contributed by atoms with Gasteiger partial charge in [0.1, 0.15) is 18.8 Å². The van der Waals surface area contributed by atoms with Crippen molar-refractivity contribution in [2.45, 2.75) is 38.6 Å². The lowest BCUT2D eigenvalue weighted by Crippen LogP contribution is -2.37. The number of fused-ring (bicyclic) bond motifs is 3. The van der Waals surface area contributed by atoms with Crippen molar-refractivity contribution >= 4 is 17.9 Å². The maximum Gasteiger partial charge on any atom is 0.337 e. The molecule has 2 fully saturated rings. The van der Waals surface area contributed by atoms with Gasteiger partial charge in [-0.1, -0.05) is 30.4 Å². The number of carbonyl (C=O) groups excluding carboxylic acids is 3. The molecule has 8 heteroatoms. The first-order valence-corrected chi connectivity index (χ1v) is 9.73. The molecule has 6 atom stereocenters. The van der Waals surface area contributed by atoms with Gasteiger partial charge in [-0.3, -0.25) is 4.79 Å². The van der Waals surface area contributed by atoms with Gasteiger partial charge < -0.3 is 24.4 Å². The van der Waals surface area contributed by atoms with Crippen LogP contribution in [0.4, 0.5) is 0 Å². The molecule has 3 rings (SSSR count). The largest absolute Gasteiger partial charge is 0.461 e. The van der Waals surface area contributed by atoms with Crippen LogP contribution in [0.3, 0.4) is 0 Å². The number of hydrogen-bond donors (Lipinski definition) is 2. The molecule has 3 aliphatic rings. The third kappa shape index (κ3) is 3.97. The van der Waals surface area contributed by atoms with Crippen molar-refractivity contribution in [1.29, 1.82) is 0 Å². The molecule has 0 aromatic carbocycles. The summed E-state index contributed by atoms with van der Waals surface area (Å²) in [5.41, 5.74) is 1.75. The van der Waals surface area contributed by atoms with Crippen LogP contribution in [0, 0.1) is 17.8 Å². The topological polar surface area (TPSA) is 119 Å². The molecular weight excluding hydrogens is 392 g/mol. The summed E-state index contributed by atoms with van der Waals surface area (Å²) in [6.07, 6.45) is 0.935. The van der Waals surface area contributed by atoms with Gasteiger partial charge in [-0.15, -0.1) is 0 Å². The Labute approximate surface area is 174 Å². The van der Waals surface area contributed by atoms with E-state index in [0.717, 1.165) is 5.57 Å². The highest BCUT2D eigenvalue weighted by Crippen LogP contribution is 2.51. The lowest BCUT2D eigenvalue weighted by Gasteiger charge is -2.29. The summed E-state index contributed by atoms with van der Waals surface area (Å²) < 4.78 is 16.1. The highest BCUT2D eigenvalue weighted by molar-refractivity contribution is 5.92. The monoisotopic (exact) mass is 418 g/mol. The molecule has 162 valence electrons. The lowest BCUT2D eigenvalue weighted by molar-refractivity contribution is -0.149. The van der Waals surface area contributed by atoms with E-state index in [2.05, 4.69) is 13.2 Å². The highest BCUT2D eigenvalue weighted by atomic mass is 16.6. The maximum absolute atomic E-state index is 12.7. The molecular formula is C22H26O8. The summed E-state index contributed by atoms with van der Waals surface area (Å²) in [6, 6.07) is 0. The molecule has 0 aromatic heterocycles. The number of hydrogen-bond acceptors (Lipinski definition) is 8. The van der Waals surface area contributed by atoms with E-state index in [1.165, 1.54) is 13.0 Å². The van der Waals surface area contributed by atoms with Crippen molar-refractivity contribution < 1.29 is 38.8 Å². The average molecular weight is 418 g/mol. The summed E-state index contributed by atoms with van der Waals surface area (Å²) in [5, 5.41) is 19.7. The van der Waals surface area contributed by atoms with E-state index in [9.17, 15) is 24.6 Å². The zero-order valence-electron chi connectivity index (χ0n) is 17.0. The van der Waals surface area contributed by atoms with Gasteiger partial charge in [-0.2, -0.15) is 0 Å². The third-order valence-electron chi connectivity index (χ3n) is 5.95. The normalized spacial score (nSPS) is 33.3. The Kier molecular flexibility index (Phi) is 6.28. The lowest BCUT2D eigenvalue weighted by atomic mass is 9.79. The first-order valence-electron chi connectivity index (χ1n) is 9.73. The van der Waals surface area contributed by atoms with Gasteiger partial charge in [-0.25, -0.2) is 9.59 Å². The highest BCUT2D eigenvalue weighted by Gasteiger charge is 2.56. The molecule has 0 spiro atoms. The van der Waals surface area contributed by atoms with Crippen molar-refractivity contribution in [1.82, 2.24) is 0 Å². The Morgan fingerprint density at radius 3 is 2.63 bits per heavy atom. The van der Waals surface area contributed by atoms with Gasteiger partial charge in [0, 0.05) is 30.8 Å². The van der Waals surface area contributed by atoms with Crippen molar-refractivity contribution in [2.24, 2.45) is 17.8 Å². The molecule has 1 saturated heterocycles.